The second-order valence-corrected chi connectivity index (χ2v) is 7.77. The number of thiophene rings is 1. The van der Waals surface area contributed by atoms with E-state index in [-0.39, 0.29) is 18.0 Å². The van der Waals surface area contributed by atoms with Crippen molar-refractivity contribution in [1.29, 1.82) is 0 Å². The van der Waals surface area contributed by atoms with Crippen molar-refractivity contribution in [2.75, 3.05) is 10.6 Å². The van der Waals surface area contributed by atoms with Crippen LogP contribution in [-0.2, 0) is 12.7 Å². The zero-order valence-corrected chi connectivity index (χ0v) is 17.5. The van der Waals surface area contributed by atoms with E-state index < -0.39 is 11.7 Å². The number of aromatic nitrogens is 1. The Morgan fingerprint density at radius 2 is 1.81 bits per heavy atom. The number of anilines is 2. The molecule has 1 amide bonds. The van der Waals surface area contributed by atoms with Crippen LogP contribution in [0.3, 0.4) is 0 Å². The number of nitrogens with zero attached hydrogens (tertiary/aromatic N) is 1. The molecular weight excluding hydrogens is 435 g/mol. The number of halogens is 3. The van der Waals surface area contributed by atoms with E-state index in [1.165, 1.54) is 12.1 Å². The molecule has 2 N–H and O–H groups in total. The lowest BCUT2D eigenvalue weighted by atomic mass is 10.1. The molecule has 0 radical (unpaired) electrons. The van der Waals surface area contributed by atoms with Crippen molar-refractivity contribution in [1.82, 2.24) is 4.98 Å². The van der Waals surface area contributed by atoms with Gasteiger partial charge >= 0.3 is 6.18 Å². The third kappa shape index (κ3) is 5.15. The molecule has 2 aromatic heterocycles. The molecule has 0 bridgehead atoms. The van der Waals surface area contributed by atoms with Crippen LogP contribution in [-0.4, -0.2) is 10.9 Å². The van der Waals surface area contributed by atoms with Crippen molar-refractivity contribution in [3.05, 3.63) is 100 Å². The van der Waals surface area contributed by atoms with E-state index in [4.69, 9.17) is 0 Å². The van der Waals surface area contributed by atoms with Crippen LogP contribution < -0.4 is 10.6 Å². The van der Waals surface area contributed by atoms with E-state index in [2.05, 4.69) is 15.6 Å². The van der Waals surface area contributed by atoms with Crippen molar-refractivity contribution in [3.8, 4) is 11.1 Å². The molecule has 4 aromatic rings. The van der Waals surface area contributed by atoms with Gasteiger partial charge in [0.15, 0.2) is 0 Å². The molecule has 0 atom stereocenters. The summed E-state index contributed by atoms with van der Waals surface area (Å²) >= 11 is 1.59. The van der Waals surface area contributed by atoms with Crippen molar-refractivity contribution in [2.24, 2.45) is 0 Å². The van der Waals surface area contributed by atoms with E-state index in [9.17, 15) is 18.0 Å². The summed E-state index contributed by atoms with van der Waals surface area (Å²) in [5.74, 6) is 0.0478. The number of alkyl halides is 3. The number of rotatable bonds is 6. The molecule has 4 nitrogen and oxygen atoms in total. The molecule has 8 heteroatoms. The molecule has 4 rings (SSSR count). The fraction of sp³-hybridized carbons (Fsp3) is 0.0833. The van der Waals surface area contributed by atoms with E-state index in [1.54, 1.807) is 53.9 Å². The summed E-state index contributed by atoms with van der Waals surface area (Å²) in [6, 6.07) is 17.6. The standard InChI is InChI=1S/C24H18F3N3OS/c25-24(26,27)21-7-2-1-4-18(21)14-28-20-6-3-5-16(12-20)23(31)30-22-9-8-17(13-29-22)19-10-11-32-15-19/h1-13,15,28H,14H2,(H,29,30,31). The molecule has 0 aliphatic rings. The predicted molar refractivity (Wildman–Crippen MR) is 121 cm³/mol. The third-order valence-corrected chi connectivity index (χ3v) is 5.47. The van der Waals surface area contributed by atoms with Crippen molar-refractivity contribution < 1.29 is 18.0 Å². The lowest BCUT2D eigenvalue weighted by Crippen LogP contribution is -2.14. The van der Waals surface area contributed by atoms with E-state index in [1.807, 2.05) is 22.9 Å². The van der Waals surface area contributed by atoms with Gasteiger partial charge < -0.3 is 10.6 Å². The highest BCUT2D eigenvalue weighted by Crippen LogP contribution is 2.32. The van der Waals surface area contributed by atoms with E-state index >= 15 is 0 Å². The quantitative estimate of drug-likeness (QED) is 0.342. The molecule has 0 unspecified atom stereocenters. The summed E-state index contributed by atoms with van der Waals surface area (Å²) in [4.78, 5) is 16.9. The lowest BCUT2D eigenvalue weighted by molar-refractivity contribution is -0.138. The summed E-state index contributed by atoms with van der Waals surface area (Å²) in [6.07, 6.45) is -2.74. The molecule has 0 aliphatic heterocycles. The van der Waals surface area contributed by atoms with Crippen LogP contribution in [0.25, 0.3) is 11.1 Å². The number of nitrogens with one attached hydrogen (secondary N) is 2. The summed E-state index contributed by atoms with van der Waals surface area (Å²) in [5, 5.41) is 9.69. The maximum Gasteiger partial charge on any atom is 0.416 e. The highest BCUT2D eigenvalue weighted by atomic mass is 32.1. The van der Waals surface area contributed by atoms with E-state index in [0.717, 1.165) is 17.2 Å². The number of amides is 1. The number of pyridine rings is 1. The zero-order chi connectivity index (χ0) is 22.6. The Labute approximate surface area is 186 Å². The van der Waals surface area contributed by atoms with Crippen LogP contribution >= 0.6 is 11.3 Å². The summed E-state index contributed by atoms with van der Waals surface area (Å²) < 4.78 is 39.5. The van der Waals surface area contributed by atoms with Crippen LogP contribution in [0.15, 0.2) is 83.7 Å². The third-order valence-electron chi connectivity index (χ3n) is 4.79. The first-order valence-corrected chi connectivity index (χ1v) is 10.6. The maximum absolute atomic E-state index is 13.2. The first-order chi connectivity index (χ1) is 15.4. The molecule has 0 spiro atoms. The van der Waals surface area contributed by atoms with E-state index in [0.29, 0.717) is 17.1 Å². The minimum atomic E-state index is -4.42. The Morgan fingerprint density at radius 1 is 0.969 bits per heavy atom. The van der Waals surface area contributed by atoms with Crippen LogP contribution in [0.4, 0.5) is 24.7 Å². The van der Waals surface area contributed by atoms with Crippen molar-refractivity contribution >= 4 is 28.7 Å². The maximum atomic E-state index is 13.2. The zero-order valence-electron chi connectivity index (χ0n) is 16.7. The molecule has 32 heavy (non-hydrogen) atoms. The average molecular weight is 453 g/mol. The van der Waals surface area contributed by atoms with Crippen LogP contribution in [0.5, 0.6) is 0 Å². The normalized spacial score (nSPS) is 11.2. The smallest absolute Gasteiger partial charge is 0.381 e. The Kier molecular flexibility index (Phi) is 6.23. The highest BCUT2D eigenvalue weighted by molar-refractivity contribution is 7.08. The van der Waals surface area contributed by atoms with Gasteiger partial charge in [0.05, 0.1) is 5.56 Å². The fourth-order valence-corrected chi connectivity index (χ4v) is 3.84. The molecule has 0 aliphatic carbocycles. The number of carbonyl (C=O) groups is 1. The Balaban J connectivity index is 1.42. The van der Waals surface area contributed by atoms with Gasteiger partial charge in [-0.15, -0.1) is 0 Å². The Hall–Kier alpha value is -3.65. The summed E-state index contributed by atoms with van der Waals surface area (Å²) in [6.45, 7) is -0.0215. The average Bonchev–Trinajstić information content (AvgIpc) is 3.33. The number of benzene rings is 2. The molecule has 2 heterocycles. The first kappa shape index (κ1) is 21.6. The monoisotopic (exact) mass is 453 g/mol. The summed E-state index contributed by atoms with van der Waals surface area (Å²) in [5.41, 5.74) is 2.36. The molecule has 2 aromatic carbocycles. The molecule has 0 saturated heterocycles. The van der Waals surface area contributed by atoms with Gasteiger partial charge in [0.2, 0.25) is 0 Å². The lowest BCUT2D eigenvalue weighted by Gasteiger charge is -2.14. The van der Waals surface area contributed by atoms with Gasteiger partial charge in [-0.2, -0.15) is 24.5 Å². The minimum Gasteiger partial charge on any atom is -0.381 e. The predicted octanol–water partition coefficient (Wildman–Crippen LogP) is 6.69. The van der Waals surface area contributed by atoms with Gasteiger partial charge in [-0.1, -0.05) is 24.3 Å². The fourth-order valence-electron chi connectivity index (χ4n) is 3.17. The second-order valence-electron chi connectivity index (χ2n) is 6.99. The van der Waals surface area contributed by atoms with Gasteiger partial charge in [0.1, 0.15) is 5.82 Å². The number of hydrogen-bond donors (Lipinski definition) is 2. The summed E-state index contributed by atoms with van der Waals surface area (Å²) in [7, 11) is 0. The highest BCUT2D eigenvalue weighted by Gasteiger charge is 2.32. The van der Waals surface area contributed by atoms with Gasteiger partial charge in [-0.3, -0.25) is 4.79 Å². The topological polar surface area (TPSA) is 54.0 Å². The van der Waals surface area contributed by atoms with Gasteiger partial charge in [0.25, 0.3) is 5.91 Å². The van der Waals surface area contributed by atoms with Crippen molar-refractivity contribution in [3.63, 3.8) is 0 Å². The van der Waals surface area contributed by atoms with Crippen LogP contribution in [0.2, 0.25) is 0 Å². The molecule has 0 fully saturated rings. The Morgan fingerprint density at radius 3 is 2.53 bits per heavy atom. The second kappa shape index (κ2) is 9.23. The van der Waals surface area contributed by atoms with Gasteiger partial charge in [-0.05, 0) is 64.4 Å². The molecule has 162 valence electrons. The molecule has 0 saturated carbocycles. The van der Waals surface area contributed by atoms with Crippen LogP contribution in [0.1, 0.15) is 21.5 Å². The van der Waals surface area contributed by atoms with Crippen molar-refractivity contribution in [2.45, 2.75) is 12.7 Å². The van der Waals surface area contributed by atoms with Gasteiger partial charge in [0, 0.05) is 29.6 Å². The SMILES string of the molecule is O=C(Nc1ccc(-c2ccsc2)cn1)c1cccc(NCc2ccccc2C(F)(F)F)c1. The molecular formula is C24H18F3N3OS. The number of carbonyl (C=O) groups excluding carboxylic acids is 1. The minimum absolute atomic E-state index is 0.0215. The van der Waals surface area contributed by atoms with Crippen LogP contribution in [0, 0.1) is 0 Å². The first-order valence-electron chi connectivity index (χ1n) is 9.69. The largest absolute Gasteiger partial charge is 0.416 e. The number of hydrogen-bond acceptors (Lipinski definition) is 4. The van der Waals surface area contributed by atoms with Gasteiger partial charge in [-0.25, -0.2) is 4.98 Å². The Bertz CT molecular complexity index is 1210.